The summed E-state index contributed by atoms with van der Waals surface area (Å²) in [6.45, 7) is 3.37. The van der Waals surface area contributed by atoms with Gasteiger partial charge < -0.3 is 10.2 Å². The van der Waals surface area contributed by atoms with Crippen molar-refractivity contribution in [3.8, 4) is 0 Å². The van der Waals surface area contributed by atoms with Gasteiger partial charge in [0.05, 0.1) is 23.1 Å². The normalized spacial score (nSPS) is 13.4. The smallest absolute Gasteiger partial charge is 0.416 e. The van der Waals surface area contributed by atoms with E-state index in [1.807, 2.05) is 0 Å². The summed E-state index contributed by atoms with van der Waals surface area (Å²) in [5, 5.41) is 21.3. The number of benzene rings is 1. The van der Waals surface area contributed by atoms with Crippen molar-refractivity contribution < 1.29 is 28.2 Å². The molecule has 1 heterocycles. The van der Waals surface area contributed by atoms with E-state index in [1.54, 1.807) is 13.8 Å². The molecule has 0 bridgehead atoms. The van der Waals surface area contributed by atoms with Crippen LogP contribution in [-0.4, -0.2) is 21.3 Å². The minimum absolute atomic E-state index is 0.246. The topological polar surface area (TPSA) is 82.5 Å². The number of carboxylic acid groups (broad SMARTS) is 1. The largest absolute Gasteiger partial charge is 0.465 e. The summed E-state index contributed by atoms with van der Waals surface area (Å²) in [6, 6.07) is 7.50. The van der Waals surface area contributed by atoms with Crippen LogP contribution in [0.4, 0.5) is 23.7 Å². The molecule has 0 saturated heterocycles. The highest BCUT2D eigenvalue weighted by atomic mass is 19.4. The van der Waals surface area contributed by atoms with Gasteiger partial charge in [0, 0.05) is 5.41 Å². The third-order valence-electron chi connectivity index (χ3n) is 3.96. The van der Waals surface area contributed by atoms with Crippen LogP contribution in [0.1, 0.15) is 36.8 Å². The molecular weight excluding hydrogens is 337 g/mol. The van der Waals surface area contributed by atoms with E-state index in [2.05, 4.69) is 10.3 Å². The zero-order chi connectivity index (χ0) is 18.8. The minimum atomic E-state index is -4.42. The average Bonchev–Trinajstić information content (AvgIpc) is 2.53. The Balaban J connectivity index is 2.24. The lowest BCUT2D eigenvalue weighted by atomic mass is 9.77. The van der Waals surface area contributed by atoms with Crippen molar-refractivity contribution in [2.75, 3.05) is 5.32 Å². The first-order valence-electron chi connectivity index (χ1n) is 7.33. The van der Waals surface area contributed by atoms with Gasteiger partial charge in [0.1, 0.15) is 6.10 Å². The van der Waals surface area contributed by atoms with Crippen LogP contribution in [0.25, 0.3) is 0 Å². The highest BCUT2D eigenvalue weighted by Crippen LogP contribution is 2.38. The Morgan fingerprint density at radius 2 is 1.64 bits per heavy atom. The summed E-state index contributed by atoms with van der Waals surface area (Å²) in [5.74, 6) is 0. The maximum Gasteiger partial charge on any atom is 0.416 e. The molecule has 2 rings (SSSR count). The van der Waals surface area contributed by atoms with Gasteiger partial charge in [0.25, 0.3) is 0 Å². The van der Waals surface area contributed by atoms with Crippen LogP contribution in [0.2, 0.25) is 0 Å². The molecule has 0 saturated carbocycles. The number of aliphatic hydroxyl groups excluding tert-OH is 1. The maximum absolute atomic E-state index is 12.7. The predicted molar refractivity (Wildman–Crippen MR) is 85.3 cm³/mol. The summed E-state index contributed by atoms with van der Waals surface area (Å²) in [5.41, 5.74) is -0.623. The van der Waals surface area contributed by atoms with E-state index in [9.17, 15) is 23.1 Å². The molecule has 5 nitrogen and oxygen atoms in total. The zero-order valence-corrected chi connectivity index (χ0v) is 13.5. The van der Waals surface area contributed by atoms with Gasteiger partial charge in [-0.1, -0.05) is 26.0 Å². The van der Waals surface area contributed by atoms with Crippen LogP contribution >= 0.6 is 0 Å². The van der Waals surface area contributed by atoms with Gasteiger partial charge in [-0.05, 0) is 29.8 Å². The molecule has 0 spiro atoms. The molecule has 1 aromatic carbocycles. The van der Waals surface area contributed by atoms with Gasteiger partial charge in [-0.2, -0.15) is 13.2 Å². The van der Waals surface area contributed by atoms with E-state index in [0.717, 1.165) is 12.1 Å². The molecule has 3 N–H and O–H groups in total. The van der Waals surface area contributed by atoms with Crippen molar-refractivity contribution in [2.45, 2.75) is 31.5 Å². The molecule has 1 unspecified atom stereocenters. The molecule has 1 amide bonds. The Hall–Kier alpha value is -2.61. The molecule has 0 radical (unpaired) electrons. The number of pyridine rings is 1. The first-order chi connectivity index (χ1) is 11.5. The second kappa shape index (κ2) is 6.72. The molecule has 0 fully saturated rings. The number of aromatic nitrogens is 1. The van der Waals surface area contributed by atoms with Gasteiger partial charge in [-0.25, -0.2) is 4.79 Å². The Morgan fingerprint density at radius 3 is 2.08 bits per heavy atom. The van der Waals surface area contributed by atoms with Crippen molar-refractivity contribution in [3.05, 3.63) is 59.4 Å². The Labute approximate surface area is 142 Å². The summed E-state index contributed by atoms with van der Waals surface area (Å²) in [6.07, 6.45) is -5.49. The molecule has 0 aliphatic rings. The maximum atomic E-state index is 12.7. The number of nitrogens with zero attached hydrogens (tertiary/aromatic N) is 1. The lowest BCUT2D eigenvalue weighted by Gasteiger charge is -2.31. The third kappa shape index (κ3) is 4.27. The van der Waals surface area contributed by atoms with Crippen LogP contribution < -0.4 is 5.32 Å². The highest BCUT2D eigenvalue weighted by Gasteiger charge is 2.34. The molecule has 134 valence electrons. The molecule has 0 aliphatic carbocycles. The van der Waals surface area contributed by atoms with Crippen molar-refractivity contribution >= 4 is 11.8 Å². The first kappa shape index (κ1) is 18.7. The summed E-state index contributed by atoms with van der Waals surface area (Å²) in [7, 11) is 0. The fraction of sp³-hybridized carbons (Fsp3) is 0.294. The Morgan fingerprint density at radius 1 is 1.08 bits per heavy atom. The van der Waals surface area contributed by atoms with E-state index in [-0.39, 0.29) is 11.4 Å². The fourth-order valence-corrected chi connectivity index (χ4v) is 2.38. The van der Waals surface area contributed by atoms with E-state index < -0.39 is 29.4 Å². The van der Waals surface area contributed by atoms with Gasteiger partial charge in [0.2, 0.25) is 0 Å². The van der Waals surface area contributed by atoms with Crippen molar-refractivity contribution in [2.24, 2.45) is 0 Å². The van der Waals surface area contributed by atoms with Crippen LogP contribution in [-0.2, 0) is 11.6 Å². The molecular formula is C17H17F3N2O3. The number of carbonyl (C=O) groups is 1. The monoisotopic (exact) mass is 354 g/mol. The molecule has 2 aromatic rings. The molecule has 8 heteroatoms. The number of hydrogen-bond donors (Lipinski definition) is 3. The van der Waals surface area contributed by atoms with E-state index in [0.29, 0.717) is 5.56 Å². The Kier molecular flexibility index (Phi) is 5.03. The van der Waals surface area contributed by atoms with E-state index in [1.165, 1.54) is 30.5 Å². The average molecular weight is 354 g/mol. The molecule has 25 heavy (non-hydrogen) atoms. The number of nitrogens with one attached hydrogen (secondary N) is 1. The number of alkyl halides is 3. The first-order valence-corrected chi connectivity index (χ1v) is 7.33. The van der Waals surface area contributed by atoms with Gasteiger partial charge >= 0.3 is 12.3 Å². The van der Waals surface area contributed by atoms with Crippen LogP contribution in [0.5, 0.6) is 0 Å². The third-order valence-corrected chi connectivity index (χ3v) is 3.96. The molecule has 1 atom stereocenters. The number of anilines is 1. The quantitative estimate of drug-likeness (QED) is 0.768. The molecule has 0 aliphatic heterocycles. The lowest BCUT2D eigenvalue weighted by Crippen LogP contribution is -2.27. The number of halogens is 3. The van der Waals surface area contributed by atoms with Crippen molar-refractivity contribution in [3.63, 3.8) is 0 Å². The second-order valence-corrected chi connectivity index (χ2v) is 6.10. The number of amides is 1. The second-order valence-electron chi connectivity index (χ2n) is 6.10. The minimum Gasteiger partial charge on any atom is -0.465 e. The predicted octanol–water partition coefficient (Wildman–Crippen LogP) is 4.20. The van der Waals surface area contributed by atoms with Gasteiger partial charge in [-0.15, -0.1) is 0 Å². The SMILES string of the molecule is CC(C)(c1ccc(C(F)(F)F)cc1)C(O)c1ccc(NC(=O)O)cn1. The summed E-state index contributed by atoms with van der Waals surface area (Å²) >= 11 is 0. The van der Waals surface area contributed by atoms with Crippen molar-refractivity contribution in [1.29, 1.82) is 0 Å². The van der Waals surface area contributed by atoms with Crippen LogP contribution in [0, 0.1) is 0 Å². The number of aliphatic hydroxyl groups is 1. The van der Waals surface area contributed by atoms with Crippen LogP contribution in [0.3, 0.4) is 0 Å². The van der Waals surface area contributed by atoms with E-state index in [4.69, 9.17) is 5.11 Å². The van der Waals surface area contributed by atoms with Crippen molar-refractivity contribution in [1.82, 2.24) is 4.98 Å². The van der Waals surface area contributed by atoms with Gasteiger partial charge in [-0.3, -0.25) is 10.3 Å². The number of rotatable bonds is 4. The standard InChI is InChI=1S/C17H17F3N2O3/c1-16(2,10-3-5-11(6-4-10)17(18,19)20)14(23)13-8-7-12(9-21-13)22-15(24)25/h3-9,14,22-23H,1-2H3,(H,24,25). The fourth-order valence-electron chi connectivity index (χ4n) is 2.38. The summed E-state index contributed by atoms with van der Waals surface area (Å²) < 4.78 is 38.0. The highest BCUT2D eigenvalue weighted by molar-refractivity contribution is 5.82. The molecule has 1 aromatic heterocycles. The van der Waals surface area contributed by atoms with E-state index >= 15 is 0 Å². The summed E-state index contributed by atoms with van der Waals surface area (Å²) in [4.78, 5) is 14.6. The number of hydrogen-bond acceptors (Lipinski definition) is 3. The lowest BCUT2D eigenvalue weighted by molar-refractivity contribution is -0.137. The van der Waals surface area contributed by atoms with Gasteiger partial charge in [0.15, 0.2) is 0 Å². The Bertz CT molecular complexity index is 741. The van der Waals surface area contributed by atoms with Crippen LogP contribution in [0.15, 0.2) is 42.6 Å². The zero-order valence-electron chi connectivity index (χ0n) is 13.5.